The number of nitrogens with zero attached hydrogens (tertiary/aromatic N) is 2. The largest absolute Gasteiger partial charge is 0.487 e. The number of rotatable bonds is 9. The van der Waals surface area contributed by atoms with Crippen molar-refractivity contribution >= 4 is 18.0 Å². The Hall–Kier alpha value is -4.11. The average Bonchev–Trinajstić information content (AvgIpc) is 3.41. The highest BCUT2D eigenvalue weighted by Gasteiger charge is 2.75. The summed E-state index contributed by atoms with van der Waals surface area (Å²) in [6.45, 7) is 7.66. The van der Waals surface area contributed by atoms with Crippen LogP contribution in [-0.2, 0) is 38.8 Å². The lowest BCUT2D eigenvalue weighted by Crippen LogP contribution is -2.79. The molecule has 0 radical (unpaired) electrons. The molecule has 1 amide bonds. The van der Waals surface area contributed by atoms with Gasteiger partial charge in [0.25, 0.3) is 0 Å². The van der Waals surface area contributed by atoms with E-state index in [2.05, 4.69) is 35.2 Å². The maximum Gasteiger partial charge on any atom is 0.416 e. The molecule has 0 N–H and O–H groups in total. The molecular formula is C40H43F3N2O4. The van der Waals surface area contributed by atoms with Gasteiger partial charge in [0.1, 0.15) is 17.5 Å². The molecule has 1 saturated heterocycles. The second kappa shape index (κ2) is 12.7. The molecule has 1 saturated carbocycles. The van der Waals surface area contributed by atoms with Crippen LogP contribution in [0, 0.1) is 5.92 Å². The Bertz CT molecular complexity index is 1760. The van der Waals surface area contributed by atoms with Crippen molar-refractivity contribution in [3.63, 3.8) is 0 Å². The SMILES string of the molecule is CC(=O)O[C@@]12CC[C@@H](N(CC(C)C)C(=O)C=Cc3cccc(C(F)(F)F)c3)[C@@H]3Oc4cccc5c4[C@@]31CCN(CCc1ccccc1)[C@@H]2C5. The van der Waals surface area contributed by atoms with E-state index in [1.54, 1.807) is 6.07 Å². The molecular weight excluding hydrogens is 629 g/mol. The summed E-state index contributed by atoms with van der Waals surface area (Å²) in [7, 11) is 0. The average molecular weight is 673 g/mol. The van der Waals surface area contributed by atoms with Gasteiger partial charge in [-0.05, 0) is 85.5 Å². The van der Waals surface area contributed by atoms with Crippen molar-refractivity contribution in [2.45, 2.75) is 88.3 Å². The normalized spacial score (nSPS) is 27.1. The molecule has 2 aliphatic carbocycles. The Morgan fingerprint density at radius 3 is 2.57 bits per heavy atom. The molecule has 6 nitrogen and oxygen atoms in total. The van der Waals surface area contributed by atoms with Crippen LogP contribution in [0.2, 0.25) is 0 Å². The second-order valence-corrected chi connectivity index (χ2v) is 14.5. The van der Waals surface area contributed by atoms with Gasteiger partial charge < -0.3 is 14.4 Å². The third kappa shape index (κ3) is 5.73. The lowest BCUT2D eigenvalue weighted by Gasteiger charge is -2.65. The summed E-state index contributed by atoms with van der Waals surface area (Å²) in [5, 5.41) is 0. The van der Waals surface area contributed by atoms with Crippen LogP contribution in [0.4, 0.5) is 13.2 Å². The number of alkyl halides is 3. The van der Waals surface area contributed by atoms with Crippen LogP contribution >= 0.6 is 0 Å². The van der Waals surface area contributed by atoms with Crippen LogP contribution in [-0.4, -0.2) is 65.1 Å². The number of ether oxygens (including phenoxy) is 2. The number of esters is 1. The third-order valence-corrected chi connectivity index (χ3v) is 11.1. The summed E-state index contributed by atoms with van der Waals surface area (Å²) in [5.74, 6) is 0.318. The van der Waals surface area contributed by atoms with Crippen LogP contribution < -0.4 is 4.74 Å². The fraction of sp³-hybridized carbons (Fsp3) is 0.450. The van der Waals surface area contributed by atoms with E-state index < -0.39 is 28.9 Å². The Morgan fingerprint density at radius 1 is 1.06 bits per heavy atom. The van der Waals surface area contributed by atoms with Gasteiger partial charge in [-0.1, -0.05) is 68.4 Å². The first kappa shape index (κ1) is 33.4. The van der Waals surface area contributed by atoms with Gasteiger partial charge in [-0.3, -0.25) is 14.5 Å². The lowest BCUT2D eigenvalue weighted by molar-refractivity contribution is -0.224. The van der Waals surface area contributed by atoms with E-state index in [9.17, 15) is 22.8 Å². The number of benzene rings is 3. The second-order valence-electron chi connectivity index (χ2n) is 14.5. The van der Waals surface area contributed by atoms with Gasteiger partial charge in [-0.25, -0.2) is 0 Å². The summed E-state index contributed by atoms with van der Waals surface area (Å²) in [6.07, 6.45) is 1.36. The molecule has 1 spiro atoms. The molecule has 3 aromatic rings. The number of carbonyl (C=O) groups is 2. The summed E-state index contributed by atoms with van der Waals surface area (Å²) in [6, 6.07) is 21.2. The predicted octanol–water partition coefficient (Wildman–Crippen LogP) is 7.24. The van der Waals surface area contributed by atoms with Crippen molar-refractivity contribution in [2.24, 2.45) is 5.92 Å². The molecule has 2 fully saturated rings. The zero-order valence-electron chi connectivity index (χ0n) is 28.2. The van der Waals surface area contributed by atoms with Gasteiger partial charge in [-0.2, -0.15) is 13.2 Å². The maximum absolute atomic E-state index is 14.1. The van der Waals surface area contributed by atoms with E-state index >= 15 is 0 Å². The molecule has 2 heterocycles. The standard InChI is InChI=1S/C40H43F3N2O4/c1-26(2)25-45(35(47)16-15-29-11-7-13-31(23-29)40(41,42)43)32-17-19-39(49-27(3)46)34-24-30-12-8-14-33-36(30)38(39,37(32)48-33)20-22-44(34)21-18-28-9-5-4-6-10-28/h4-16,23,26,32,34,37H,17-22,24-25H2,1-3H3/t32-,34-,37+,38+,39-/m1/s1. The van der Waals surface area contributed by atoms with Crippen molar-refractivity contribution in [3.8, 4) is 5.75 Å². The van der Waals surface area contributed by atoms with E-state index in [0.717, 1.165) is 49.4 Å². The maximum atomic E-state index is 14.1. The fourth-order valence-corrected chi connectivity index (χ4v) is 9.38. The van der Waals surface area contributed by atoms with Gasteiger partial charge in [0, 0.05) is 31.7 Å². The minimum Gasteiger partial charge on any atom is -0.487 e. The summed E-state index contributed by atoms with van der Waals surface area (Å²) in [5.41, 5.74) is 1.62. The van der Waals surface area contributed by atoms with Crippen molar-refractivity contribution in [1.82, 2.24) is 9.80 Å². The first-order valence-electron chi connectivity index (χ1n) is 17.4. The summed E-state index contributed by atoms with van der Waals surface area (Å²) < 4.78 is 53.7. The van der Waals surface area contributed by atoms with Crippen LogP contribution in [0.1, 0.15) is 67.9 Å². The molecule has 49 heavy (non-hydrogen) atoms. The Kier molecular flexibility index (Phi) is 8.62. The number of piperidine rings is 1. The number of halogens is 3. The zero-order valence-corrected chi connectivity index (χ0v) is 28.2. The van der Waals surface area contributed by atoms with E-state index in [4.69, 9.17) is 9.47 Å². The first-order chi connectivity index (χ1) is 23.4. The smallest absolute Gasteiger partial charge is 0.416 e. The predicted molar refractivity (Wildman–Crippen MR) is 181 cm³/mol. The van der Waals surface area contributed by atoms with E-state index in [-0.39, 0.29) is 29.9 Å². The molecule has 0 aromatic heterocycles. The number of amides is 1. The molecule has 3 aromatic carbocycles. The van der Waals surface area contributed by atoms with E-state index in [1.807, 2.05) is 36.9 Å². The quantitative estimate of drug-likeness (QED) is 0.177. The lowest BCUT2D eigenvalue weighted by atomic mass is 9.48. The molecule has 7 rings (SSSR count). The highest BCUT2D eigenvalue weighted by molar-refractivity contribution is 5.92. The molecule has 5 atom stereocenters. The van der Waals surface area contributed by atoms with Gasteiger partial charge in [-0.15, -0.1) is 0 Å². The van der Waals surface area contributed by atoms with Gasteiger partial charge in [0.15, 0.2) is 0 Å². The molecule has 4 aliphatic rings. The monoisotopic (exact) mass is 672 g/mol. The molecule has 0 unspecified atom stereocenters. The van der Waals surface area contributed by atoms with Gasteiger partial charge in [0.05, 0.1) is 23.1 Å². The Balaban J connectivity index is 1.26. The van der Waals surface area contributed by atoms with Crippen LogP contribution in [0.15, 0.2) is 78.9 Å². The summed E-state index contributed by atoms with van der Waals surface area (Å²) >= 11 is 0. The van der Waals surface area contributed by atoms with Gasteiger partial charge in [0.2, 0.25) is 5.91 Å². The van der Waals surface area contributed by atoms with Crippen molar-refractivity contribution in [2.75, 3.05) is 19.6 Å². The molecule has 2 bridgehead atoms. The number of hydrogen-bond acceptors (Lipinski definition) is 5. The highest BCUT2D eigenvalue weighted by atomic mass is 19.4. The number of hydrogen-bond donors (Lipinski definition) is 0. The minimum absolute atomic E-state index is 0.0585. The topological polar surface area (TPSA) is 59.1 Å². The van der Waals surface area contributed by atoms with Gasteiger partial charge >= 0.3 is 12.1 Å². The first-order valence-corrected chi connectivity index (χ1v) is 17.4. The highest BCUT2D eigenvalue weighted by Crippen LogP contribution is 2.65. The number of carbonyl (C=O) groups excluding carboxylic acids is 2. The number of likely N-dealkylation sites (tertiary alicyclic amines) is 1. The third-order valence-electron chi connectivity index (χ3n) is 11.1. The fourth-order valence-electron chi connectivity index (χ4n) is 9.38. The van der Waals surface area contributed by atoms with E-state index in [0.29, 0.717) is 31.4 Å². The van der Waals surface area contributed by atoms with Crippen LogP contribution in [0.5, 0.6) is 5.75 Å². The van der Waals surface area contributed by atoms with Crippen molar-refractivity contribution in [3.05, 3.63) is 107 Å². The van der Waals surface area contributed by atoms with E-state index in [1.165, 1.54) is 36.3 Å². The zero-order chi connectivity index (χ0) is 34.6. The van der Waals surface area contributed by atoms with Crippen LogP contribution in [0.3, 0.4) is 0 Å². The van der Waals surface area contributed by atoms with Crippen LogP contribution in [0.25, 0.3) is 6.08 Å². The molecule has 9 heteroatoms. The Labute approximate surface area is 285 Å². The molecule has 2 aliphatic heterocycles. The Morgan fingerprint density at radius 2 is 1.84 bits per heavy atom. The molecule has 258 valence electrons. The summed E-state index contributed by atoms with van der Waals surface area (Å²) in [4.78, 5) is 31.5. The van der Waals surface area contributed by atoms with Crippen molar-refractivity contribution < 1.29 is 32.2 Å². The van der Waals surface area contributed by atoms with Crippen molar-refractivity contribution in [1.29, 1.82) is 0 Å². The minimum atomic E-state index is -4.48.